The molecule has 0 bridgehead atoms. The number of amides is 2. The highest BCUT2D eigenvalue weighted by Crippen LogP contribution is 2.36. The van der Waals surface area contributed by atoms with E-state index in [4.69, 9.17) is 11.6 Å². The van der Waals surface area contributed by atoms with E-state index in [9.17, 15) is 9.59 Å². The standard InChI is InChI=1S/C22H25ClN4O2/c1-22(2)12-26-21(29)15-6-5-13(8-17(15)22)16-9-19(25-11-18(16)23)27-20(28)14-4-3-7-24-10-14/h5-6,8-9,11,14,24H,3-4,7,10,12H2,1-2H3,(H,26,29)(H,25,27,28). The smallest absolute Gasteiger partial charge is 0.251 e. The minimum absolute atomic E-state index is 0.0267. The maximum absolute atomic E-state index is 12.5. The Kier molecular flexibility index (Phi) is 5.32. The normalized spacial score (nSPS) is 20.5. The molecule has 1 saturated heterocycles. The van der Waals surface area contributed by atoms with Crippen molar-refractivity contribution in [1.29, 1.82) is 0 Å². The highest BCUT2D eigenvalue weighted by Gasteiger charge is 2.31. The first-order valence-electron chi connectivity index (χ1n) is 9.95. The van der Waals surface area contributed by atoms with E-state index >= 15 is 0 Å². The second-order valence-electron chi connectivity index (χ2n) is 8.41. The van der Waals surface area contributed by atoms with Crippen LogP contribution in [0, 0.1) is 5.92 Å². The second kappa shape index (κ2) is 7.76. The maximum Gasteiger partial charge on any atom is 0.251 e. The predicted octanol–water partition coefficient (Wildman–Crippen LogP) is 3.36. The summed E-state index contributed by atoms with van der Waals surface area (Å²) < 4.78 is 0. The Bertz CT molecular complexity index is 967. The number of hydrogen-bond acceptors (Lipinski definition) is 4. The molecule has 1 unspecified atom stereocenters. The van der Waals surface area contributed by atoms with E-state index in [-0.39, 0.29) is 23.1 Å². The number of benzene rings is 1. The number of hydrogen-bond donors (Lipinski definition) is 3. The van der Waals surface area contributed by atoms with E-state index in [0.717, 1.165) is 36.1 Å². The molecule has 2 amide bonds. The fourth-order valence-electron chi connectivity index (χ4n) is 3.99. The molecule has 7 heteroatoms. The molecule has 0 saturated carbocycles. The monoisotopic (exact) mass is 412 g/mol. The molecule has 2 aliphatic heterocycles. The van der Waals surface area contributed by atoms with Crippen molar-refractivity contribution < 1.29 is 9.59 Å². The number of carbonyl (C=O) groups is 2. The first-order valence-corrected chi connectivity index (χ1v) is 10.3. The topological polar surface area (TPSA) is 83.1 Å². The van der Waals surface area contributed by atoms with Gasteiger partial charge in [0.15, 0.2) is 0 Å². The number of aromatic nitrogens is 1. The van der Waals surface area contributed by atoms with Crippen molar-refractivity contribution in [1.82, 2.24) is 15.6 Å². The highest BCUT2D eigenvalue weighted by atomic mass is 35.5. The summed E-state index contributed by atoms with van der Waals surface area (Å²) in [6, 6.07) is 7.54. The zero-order valence-corrected chi connectivity index (χ0v) is 17.4. The van der Waals surface area contributed by atoms with Gasteiger partial charge >= 0.3 is 0 Å². The maximum atomic E-state index is 12.5. The summed E-state index contributed by atoms with van der Waals surface area (Å²) in [5.41, 5.74) is 3.18. The van der Waals surface area contributed by atoms with Crippen molar-refractivity contribution in [2.45, 2.75) is 32.1 Å². The lowest BCUT2D eigenvalue weighted by Gasteiger charge is -2.33. The van der Waals surface area contributed by atoms with Crippen LogP contribution in [-0.4, -0.2) is 36.4 Å². The van der Waals surface area contributed by atoms with Crippen molar-refractivity contribution in [3.05, 3.63) is 46.6 Å². The van der Waals surface area contributed by atoms with Gasteiger partial charge in [-0.05, 0) is 48.7 Å². The van der Waals surface area contributed by atoms with E-state index in [1.165, 1.54) is 0 Å². The van der Waals surface area contributed by atoms with Gasteiger partial charge in [-0.3, -0.25) is 9.59 Å². The van der Waals surface area contributed by atoms with Gasteiger partial charge in [0.25, 0.3) is 5.91 Å². The molecule has 1 aromatic carbocycles. The highest BCUT2D eigenvalue weighted by molar-refractivity contribution is 6.33. The Labute approximate surface area is 175 Å². The molecule has 4 rings (SSSR count). The number of pyridine rings is 1. The van der Waals surface area contributed by atoms with Gasteiger partial charge < -0.3 is 16.0 Å². The number of carbonyl (C=O) groups excluding carboxylic acids is 2. The third-order valence-electron chi connectivity index (χ3n) is 5.77. The summed E-state index contributed by atoms with van der Waals surface area (Å²) in [6.07, 6.45) is 3.43. The number of halogens is 1. The van der Waals surface area contributed by atoms with Gasteiger partial charge in [-0.2, -0.15) is 0 Å². The van der Waals surface area contributed by atoms with Gasteiger partial charge in [-0.1, -0.05) is 31.5 Å². The minimum Gasteiger partial charge on any atom is -0.351 e. The van der Waals surface area contributed by atoms with Crippen molar-refractivity contribution >= 4 is 29.2 Å². The molecule has 0 radical (unpaired) electrons. The number of nitrogens with zero attached hydrogens (tertiary/aromatic N) is 1. The third-order valence-corrected chi connectivity index (χ3v) is 6.07. The van der Waals surface area contributed by atoms with Crippen LogP contribution >= 0.6 is 11.6 Å². The fourth-order valence-corrected chi connectivity index (χ4v) is 4.21. The minimum atomic E-state index is -0.177. The van der Waals surface area contributed by atoms with E-state index in [0.29, 0.717) is 29.5 Å². The molecule has 6 nitrogen and oxygen atoms in total. The molecule has 152 valence electrons. The van der Waals surface area contributed by atoms with E-state index in [2.05, 4.69) is 34.8 Å². The molecule has 29 heavy (non-hydrogen) atoms. The van der Waals surface area contributed by atoms with Gasteiger partial charge in [0.05, 0.1) is 10.9 Å². The fraction of sp³-hybridized carbons (Fsp3) is 0.409. The van der Waals surface area contributed by atoms with Crippen LogP contribution in [0.4, 0.5) is 5.82 Å². The summed E-state index contributed by atoms with van der Waals surface area (Å²) in [6.45, 7) is 6.44. The van der Waals surface area contributed by atoms with Gasteiger partial charge in [0.2, 0.25) is 5.91 Å². The van der Waals surface area contributed by atoms with Crippen LogP contribution in [0.25, 0.3) is 11.1 Å². The Morgan fingerprint density at radius 3 is 2.86 bits per heavy atom. The van der Waals surface area contributed by atoms with E-state index in [1.807, 2.05) is 18.2 Å². The Morgan fingerprint density at radius 1 is 1.28 bits per heavy atom. The number of fused-ring (bicyclic) bond motifs is 1. The van der Waals surface area contributed by atoms with Gasteiger partial charge in [0, 0.05) is 35.8 Å². The van der Waals surface area contributed by atoms with Crippen LogP contribution in [-0.2, 0) is 10.2 Å². The predicted molar refractivity (Wildman–Crippen MR) is 114 cm³/mol. The summed E-state index contributed by atoms with van der Waals surface area (Å²) in [5.74, 6) is 0.351. The summed E-state index contributed by atoms with van der Waals surface area (Å²) >= 11 is 6.43. The number of piperidine rings is 1. The summed E-state index contributed by atoms with van der Waals surface area (Å²) in [4.78, 5) is 29.0. The van der Waals surface area contributed by atoms with Crippen LogP contribution in [0.15, 0.2) is 30.5 Å². The molecule has 3 heterocycles. The lowest BCUT2D eigenvalue weighted by molar-refractivity contribution is -0.120. The second-order valence-corrected chi connectivity index (χ2v) is 8.82. The molecule has 1 fully saturated rings. The van der Waals surface area contributed by atoms with Crippen molar-refractivity contribution in [2.75, 3.05) is 25.0 Å². The molecule has 0 spiro atoms. The SMILES string of the molecule is CC1(C)CNC(=O)c2ccc(-c3cc(NC(=O)C4CCCNC4)ncc3Cl)cc21. The van der Waals surface area contributed by atoms with Crippen LogP contribution in [0.3, 0.4) is 0 Å². The van der Waals surface area contributed by atoms with Crippen molar-refractivity contribution in [3.63, 3.8) is 0 Å². The molecule has 1 aromatic heterocycles. The Morgan fingerprint density at radius 2 is 2.10 bits per heavy atom. The number of rotatable bonds is 3. The van der Waals surface area contributed by atoms with Crippen LogP contribution in [0.1, 0.15) is 42.6 Å². The lowest BCUT2D eigenvalue weighted by Crippen LogP contribution is -2.43. The van der Waals surface area contributed by atoms with E-state index in [1.54, 1.807) is 12.3 Å². The molecule has 3 N–H and O–H groups in total. The largest absolute Gasteiger partial charge is 0.351 e. The molecule has 2 aliphatic rings. The lowest BCUT2D eigenvalue weighted by atomic mass is 9.78. The zero-order chi connectivity index (χ0) is 20.6. The zero-order valence-electron chi connectivity index (χ0n) is 16.6. The van der Waals surface area contributed by atoms with Gasteiger partial charge in [-0.25, -0.2) is 4.98 Å². The van der Waals surface area contributed by atoms with Crippen molar-refractivity contribution in [2.24, 2.45) is 5.92 Å². The van der Waals surface area contributed by atoms with Gasteiger partial charge in [0.1, 0.15) is 5.82 Å². The Hall–Kier alpha value is -2.44. The first-order chi connectivity index (χ1) is 13.8. The Balaban J connectivity index is 1.64. The van der Waals surface area contributed by atoms with E-state index < -0.39 is 0 Å². The number of anilines is 1. The van der Waals surface area contributed by atoms with Gasteiger partial charge in [-0.15, -0.1) is 0 Å². The summed E-state index contributed by atoms with van der Waals surface area (Å²) in [5, 5.41) is 9.61. The first kappa shape index (κ1) is 19.9. The average Bonchev–Trinajstić information content (AvgIpc) is 2.73. The molecule has 2 aromatic rings. The number of nitrogens with one attached hydrogen (secondary N) is 3. The van der Waals surface area contributed by atoms with Crippen LogP contribution in [0.2, 0.25) is 5.02 Å². The third kappa shape index (κ3) is 4.00. The molecular formula is C22H25ClN4O2. The molecular weight excluding hydrogens is 388 g/mol. The summed E-state index contributed by atoms with van der Waals surface area (Å²) in [7, 11) is 0. The molecule has 1 atom stereocenters. The van der Waals surface area contributed by atoms with Crippen LogP contribution in [0.5, 0.6) is 0 Å². The molecule has 0 aliphatic carbocycles. The average molecular weight is 413 g/mol. The van der Waals surface area contributed by atoms with Crippen molar-refractivity contribution in [3.8, 4) is 11.1 Å². The quantitative estimate of drug-likeness (QED) is 0.721. The van der Waals surface area contributed by atoms with Crippen LogP contribution < -0.4 is 16.0 Å².